The zero-order valence-corrected chi connectivity index (χ0v) is 12.6. The van der Waals surface area contributed by atoms with Gasteiger partial charge in [-0.05, 0) is 25.0 Å². The van der Waals surface area contributed by atoms with E-state index >= 15 is 0 Å². The van der Waals surface area contributed by atoms with Crippen molar-refractivity contribution in [1.82, 2.24) is 0 Å². The van der Waals surface area contributed by atoms with Crippen molar-refractivity contribution >= 4 is 29.0 Å². The van der Waals surface area contributed by atoms with E-state index in [1.165, 1.54) is 32.1 Å². The van der Waals surface area contributed by atoms with Crippen LogP contribution in [-0.2, 0) is 4.79 Å². The van der Waals surface area contributed by atoms with E-state index in [1.54, 1.807) is 17.8 Å². The number of hydrogen-bond acceptors (Lipinski definition) is 5. The number of anilines is 1. The van der Waals surface area contributed by atoms with E-state index in [0.717, 1.165) is 12.8 Å². The third-order valence-electron chi connectivity index (χ3n) is 3.43. The summed E-state index contributed by atoms with van der Waals surface area (Å²) >= 11 is 1.63. The summed E-state index contributed by atoms with van der Waals surface area (Å²) in [6, 6.07) is 4.39. The van der Waals surface area contributed by atoms with Crippen LogP contribution in [0.4, 0.5) is 11.4 Å². The van der Waals surface area contributed by atoms with Gasteiger partial charge in [-0.1, -0.05) is 12.8 Å². The van der Waals surface area contributed by atoms with E-state index in [1.807, 2.05) is 0 Å². The number of benzene rings is 1. The largest absolute Gasteiger partial charge is 0.496 e. The summed E-state index contributed by atoms with van der Waals surface area (Å²) in [5.74, 6) is 0.508. The van der Waals surface area contributed by atoms with E-state index in [9.17, 15) is 14.9 Å². The first-order valence-electron chi connectivity index (χ1n) is 6.84. The number of nitrogens with zero attached hydrogens (tertiary/aromatic N) is 1. The van der Waals surface area contributed by atoms with Gasteiger partial charge in [0.05, 0.1) is 23.9 Å². The minimum absolute atomic E-state index is 0.159. The highest BCUT2D eigenvalue weighted by Crippen LogP contribution is 2.31. The lowest BCUT2D eigenvalue weighted by Gasteiger charge is -2.10. The summed E-state index contributed by atoms with van der Waals surface area (Å²) in [5.41, 5.74) is 0.0476. The molecule has 7 heteroatoms. The van der Waals surface area contributed by atoms with E-state index in [0.29, 0.717) is 16.8 Å². The van der Waals surface area contributed by atoms with Crippen LogP contribution in [0.25, 0.3) is 0 Å². The number of carbonyl (C=O) groups is 1. The Morgan fingerprint density at radius 1 is 1.48 bits per heavy atom. The highest BCUT2D eigenvalue weighted by molar-refractivity contribution is 8.00. The molecule has 21 heavy (non-hydrogen) atoms. The second kappa shape index (κ2) is 7.31. The predicted molar refractivity (Wildman–Crippen MR) is 83.0 cm³/mol. The van der Waals surface area contributed by atoms with Crippen molar-refractivity contribution in [2.45, 2.75) is 30.9 Å². The Balaban J connectivity index is 1.97. The van der Waals surface area contributed by atoms with Crippen LogP contribution in [-0.4, -0.2) is 28.9 Å². The van der Waals surface area contributed by atoms with Crippen LogP contribution in [0.2, 0.25) is 0 Å². The van der Waals surface area contributed by atoms with Crippen molar-refractivity contribution in [2.75, 3.05) is 18.2 Å². The molecule has 0 heterocycles. The molecule has 6 nitrogen and oxygen atoms in total. The summed E-state index contributed by atoms with van der Waals surface area (Å²) in [4.78, 5) is 22.4. The highest BCUT2D eigenvalue weighted by atomic mass is 32.2. The number of nitro benzene ring substituents is 1. The number of methoxy groups -OCH3 is 1. The van der Waals surface area contributed by atoms with Crippen molar-refractivity contribution in [3.05, 3.63) is 28.3 Å². The molecule has 0 saturated heterocycles. The summed E-state index contributed by atoms with van der Waals surface area (Å²) in [7, 11) is 1.44. The maximum Gasteiger partial charge on any atom is 0.296 e. The number of hydrogen-bond donors (Lipinski definition) is 1. The summed E-state index contributed by atoms with van der Waals surface area (Å²) in [6.07, 6.45) is 4.76. The fraction of sp³-hybridized carbons (Fsp3) is 0.500. The third-order valence-corrected chi connectivity index (χ3v) is 4.80. The maximum absolute atomic E-state index is 11.9. The Labute approximate surface area is 127 Å². The summed E-state index contributed by atoms with van der Waals surface area (Å²) in [6.45, 7) is 0. The van der Waals surface area contributed by atoms with Gasteiger partial charge < -0.3 is 10.1 Å². The van der Waals surface area contributed by atoms with Crippen LogP contribution in [0.5, 0.6) is 5.75 Å². The fourth-order valence-electron chi connectivity index (χ4n) is 2.33. The number of nitrogens with one attached hydrogen (secondary N) is 1. The molecule has 2 rings (SSSR count). The van der Waals surface area contributed by atoms with Gasteiger partial charge >= 0.3 is 0 Å². The van der Waals surface area contributed by atoms with Crippen LogP contribution >= 0.6 is 11.8 Å². The van der Waals surface area contributed by atoms with Gasteiger partial charge in [-0.25, -0.2) is 0 Å². The number of nitro groups is 1. The second-order valence-electron chi connectivity index (χ2n) is 4.91. The van der Waals surface area contributed by atoms with Crippen molar-refractivity contribution in [3.63, 3.8) is 0 Å². The molecule has 1 amide bonds. The third kappa shape index (κ3) is 4.35. The van der Waals surface area contributed by atoms with Crippen LogP contribution < -0.4 is 10.1 Å². The van der Waals surface area contributed by atoms with E-state index in [2.05, 4.69) is 5.32 Å². The maximum atomic E-state index is 11.9. The first kappa shape index (κ1) is 15.6. The lowest BCUT2D eigenvalue weighted by Crippen LogP contribution is -2.16. The molecule has 1 aromatic carbocycles. The molecule has 1 aliphatic rings. The van der Waals surface area contributed by atoms with Gasteiger partial charge in [0.1, 0.15) is 11.4 Å². The number of rotatable bonds is 6. The molecular formula is C14H18N2O4S. The molecular weight excluding hydrogens is 292 g/mol. The molecule has 0 aliphatic heterocycles. The Morgan fingerprint density at radius 2 is 2.19 bits per heavy atom. The average Bonchev–Trinajstić information content (AvgIpc) is 2.98. The molecule has 1 aromatic rings. The number of amides is 1. The molecule has 0 unspecified atom stereocenters. The van der Waals surface area contributed by atoms with E-state index < -0.39 is 4.92 Å². The quantitative estimate of drug-likeness (QED) is 0.644. The molecule has 1 aliphatic carbocycles. The van der Waals surface area contributed by atoms with Crippen molar-refractivity contribution in [2.24, 2.45) is 0 Å². The molecule has 114 valence electrons. The van der Waals surface area contributed by atoms with Gasteiger partial charge in [0.2, 0.25) is 5.91 Å². The SMILES string of the molecule is COc1ccc(NC(=O)CSC2CCCC2)c([N+](=O)[O-])c1. The number of carbonyl (C=O) groups excluding carboxylic acids is 1. The second-order valence-corrected chi connectivity index (χ2v) is 6.19. The first-order chi connectivity index (χ1) is 10.1. The average molecular weight is 310 g/mol. The van der Waals surface area contributed by atoms with Gasteiger partial charge in [0, 0.05) is 5.25 Å². The highest BCUT2D eigenvalue weighted by Gasteiger charge is 2.19. The van der Waals surface area contributed by atoms with Crippen molar-refractivity contribution in [3.8, 4) is 5.75 Å². The van der Waals surface area contributed by atoms with Crippen molar-refractivity contribution < 1.29 is 14.5 Å². The van der Waals surface area contributed by atoms with Crippen LogP contribution in [0.1, 0.15) is 25.7 Å². The normalized spacial score (nSPS) is 14.9. The summed E-state index contributed by atoms with van der Waals surface area (Å²) in [5, 5.41) is 14.2. The monoisotopic (exact) mass is 310 g/mol. The molecule has 0 spiro atoms. The molecule has 0 aromatic heterocycles. The van der Waals surface area contributed by atoms with Crippen molar-refractivity contribution in [1.29, 1.82) is 0 Å². The van der Waals surface area contributed by atoms with Gasteiger partial charge in [0.25, 0.3) is 5.69 Å². The van der Waals surface area contributed by atoms with Crippen LogP contribution in [0.15, 0.2) is 18.2 Å². The summed E-state index contributed by atoms with van der Waals surface area (Å²) < 4.78 is 4.96. The number of ether oxygens (including phenoxy) is 1. The smallest absolute Gasteiger partial charge is 0.296 e. The number of thioether (sulfide) groups is 1. The molecule has 0 atom stereocenters. The Kier molecular flexibility index (Phi) is 5.44. The first-order valence-corrected chi connectivity index (χ1v) is 7.89. The molecule has 1 N–H and O–H groups in total. The minimum Gasteiger partial charge on any atom is -0.496 e. The zero-order valence-electron chi connectivity index (χ0n) is 11.8. The minimum atomic E-state index is -0.526. The molecule has 0 bridgehead atoms. The van der Waals surface area contributed by atoms with Gasteiger partial charge in [-0.3, -0.25) is 14.9 Å². The van der Waals surface area contributed by atoms with E-state index in [-0.39, 0.29) is 17.3 Å². The van der Waals surface area contributed by atoms with Gasteiger partial charge in [-0.15, -0.1) is 11.8 Å². The van der Waals surface area contributed by atoms with Crippen LogP contribution in [0.3, 0.4) is 0 Å². The topological polar surface area (TPSA) is 81.5 Å². The molecule has 1 saturated carbocycles. The van der Waals surface area contributed by atoms with Gasteiger partial charge in [-0.2, -0.15) is 0 Å². The zero-order chi connectivity index (χ0) is 15.2. The van der Waals surface area contributed by atoms with Gasteiger partial charge in [0.15, 0.2) is 0 Å². The lowest BCUT2D eigenvalue weighted by molar-refractivity contribution is -0.384. The Hall–Kier alpha value is -1.76. The standard InChI is InChI=1S/C14H18N2O4S/c1-20-10-6-7-12(13(8-10)16(18)19)15-14(17)9-21-11-4-2-3-5-11/h6-8,11H,2-5,9H2,1H3,(H,15,17). The molecule has 0 radical (unpaired) electrons. The van der Waals surface area contributed by atoms with E-state index in [4.69, 9.17) is 4.74 Å². The lowest BCUT2D eigenvalue weighted by atomic mass is 10.2. The Bertz CT molecular complexity index is 530. The fourth-order valence-corrected chi connectivity index (χ4v) is 3.46. The van der Waals surface area contributed by atoms with Crippen LogP contribution in [0, 0.1) is 10.1 Å². The Morgan fingerprint density at radius 3 is 2.81 bits per heavy atom. The predicted octanol–water partition coefficient (Wildman–Crippen LogP) is 3.22. The molecule has 1 fully saturated rings.